The first-order chi connectivity index (χ1) is 8.56. The Balaban J connectivity index is 2.09. The van der Waals surface area contributed by atoms with Crippen LogP contribution < -0.4 is 10.2 Å². The summed E-state index contributed by atoms with van der Waals surface area (Å²) in [6.07, 6.45) is 3.90. The lowest BCUT2D eigenvalue weighted by atomic mass is 10.1. The van der Waals surface area contributed by atoms with E-state index in [4.69, 9.17) is 0 Å². The van der Waals surface area contributed by atoms with Gasteiger partial charge in [0.05, 0.1) is 0 Å². The third kappa shape index (κ3) is 3.89. The molecule has 0 aromatic carbocycles. The van der Waals surface area contributed by atoms with Crippen molar-refractivity contribution in [3.63, 3.8) is 0 Å². The van der Waals surface area contributed by atoms with E-state index in [-0.39, 0.29) is 5.54 Å². The van der Waals surface area contributed by atoms with Crippen molar-refractivity contribution in [1.82, 2.24) is 10.3 Å². The van der Waals surface area contributed by atoms with Gasteiger partial charge < -0.3 is 10.2 Å². The summed E-state index contributed by atoms with van der Waals surface area (Å²) in [7, 11) is 0. The number of anilines is 1. The Labute approximate surface area is 114 Å². The molecule has 1 N–H and O–H groups in total. The maximum atomic E-state index is 4.27. The average molecular weight is 265 g/mol. The van der Waals surface area contributed by atoms with Crippen LogP contribution in [0.2, 0.25) is 0 Å². The Kier molecular flexibility index (Phi) is 4.51. The first-order valence-corrected chi connectivity index (χ1v) is 7.72. The number of thioether (sulfide) groups is 1. The molecule has 1 aromatic heterocycles. The van der Waals surface area contributed by atoms with E-state index in [1.165, 1.54) is 22.8 Å². The quantitative estimate of drug-likeness (QED) is 0.909. The second-order valence-corrected chi connectivity index (χ2v) is 6.93. The minimum Gasteiger partial charge on any atom is -0.370 e. The van der Waals surface area contributed by atoms with Gasteiger partial charge in [0.25, 0.3) is 0 Å². The molecule has 0 unspecified atom stereocenters. The Morgan fingerprint density at radius 1 is 1.33 bits per heavy atom. The monoisotopic (exact) mass is 265 g/mol. The van der Waals surface area contributed by atoms with Crippen molar-refractivity contribution in [3.05, 3.63) is 24.0 Å². The molecule has 1 fully saturated rings. The Morgan fingerprint density at radius 3 is 2.72 bits per heavy atom. The molecule has 0 aliphatic carbocycles. The van der Waals surface area contributed by atoms with Crippen LogP contribution in [-0.4, -0.2) is 35.1 Å². The molecule has 0 radical (unpaired) electrons. The van der Waals surface area contributed by atoms with Crippen LogP contribution in [0.15, 0.2) is 18.5 Å². The molecule has 0 bridgehead atoms. The predicted octanol–water partition coefficient (Wildman–Crippen LogP) is 2.52. The summed E-state index contributed by atoms with van der Waals surface area (Å²) < 4.78 is 0. The number of aromatic nitrogens is 1. The minimum absolute atomic E-state index is 0.144. The molecule has 0 atom stereocenters. The molecule has 100 valence electrons. The highest BCUT2D eigenvalue weighted by Gasteiger charge is 2.16. The predicted molar refractivity (Wildman–Crippen MR) is 80.4 cm³/mol. The summed E-state index contributed by atoms with van der Waals surface area (Å²) in [5.41, 5.74) is 2.80. The molecular formula is C14H23N3S. The first kappa shape index (κ1) is 13.7. The van der Waals surface area contributed by atoms with Crippen LogP contribution in [0.5, 0.6) is 0 Å². The SMILES string of the molecule is CC(C)(C)NCc1cnccc1N1CCSCC1. The fourth-order valence-corrected chi connectivity index (χ4v) is 2.93. The largest absolute Gasteiger partial charge is 0.370 e. The maximum Gasteiger partial charge on any atom is 0.0443 e. The number of rotatable bonds is 3. The fraction of sp³-hybridized carbons (Fsp3) is 0.643. The van der Waals surface area contributed by atoms with Gasteiger partial charge in [-0.2, -0.15) is 11.8 Å². The summed E-state index contributed by atoms with van der Waals surface area (Å²) in [4.78, 5) is 6.75. The summed E-state index contributed by atoms with van der Waals surface area (Å²) in [6.45, 7) is 9.77. The summed E-state index contributed by atoms with van der Waals surface area (Å²) >= 11 is 2.04. The van der Waals surface area contributed by atoms with Gasteiger partial charge in [0.1, 0.15) is 0 Å². The molecule has 3 nitrogen and oxygen atoms in total. The van der Waals surface area contributed by atoms with Crippen LogP contribution in [0, 0.1) is 0 Å². The fourth-order valence-electron chi connectivity index (χ4n) is 2.03. The number of nitrogens with zero attached hydrogens (tertiary/aromatic N) is 2. The molecule has 1 saturated heterocycles. The van der Waals surface area contributed by atoms with Gasteiger partial charge in [-0.3, -0.25) is 4.98 Å². The van der Waals surface area contributed by atoms with Crippen LogP contribution in [0.25, 0.3) is 0 Å². The van der Waals surface area contributed by atoms with Gasteiger partial charge in [-0.05, 0) is 26.8 Å². The van der Waals surface area contributed by atoms with Gasteiger partial charge in [0.2, 0.25) is 0 Å². The Morgan fingerprint density at radius 2 is 2.06 bits per heavy atom. The summed E-state index contributed by atoms with van der Waals surface area (Å²) in [6, 6.07) is 2.15. The molecule has 1 aromatic rings. The lowest BCUT2D eigenvalue weighted by Gasteiger charge is -2.31. The number of nitrogens with one attached hydrogen (secondary N) is 1. The van der Waals surface area contributed by atoms with Crippen molar-refractivity contribution in [2.24, 2.45) is 0 Å². The second kappa shape index (κ2) is 5.93. The van der Waals surface area contributed by atoms with E-state index >= 15 is 0 Å². The highest BCUT2D eigenvalue weighted by atomic mass is 32.2. The van der Waals surface area contributed by atoms with Crippen molar-refractivity contribution in [3.8, 4) is 0 Å². The molecule has 4 heteroatoms. The van der Waals surface area contributed by atoms with Gasteiger partial charge in [-0.25, -0.2) is 0 Å². The van der Waals surface area contributed by atoms with E-state index in [0.717, 1.165) is 19.6 Å². The van der Waals surface area contributed by atoms with E-state index in [1.807, 2.05) is 24.2 Å². The highest BCUT2D eigenvalue weighted by molar-refractivity contribution is 7.99. The molecule has 1 aliphatic heterocycles. The zero-order valence-corrected chi connectivity index (χ0v) is 12.4. The zero-order chi connectivity index (χ0) is 13.0. The standard InChI is InChI=1S/C14H23N3S/c1-14(2,3)16-11-12-10-15-5-4-13(12)17-6-8-18-9-7-17/h4-5,10,16H,6-9,11H2,1-3H3. The number of hydrogen-bond donors (Lipinski definition) is 1. The van der Waals surface area contributed by atoms with E-state index in [1.54, 1.807) is 0 Å². The smallest absolute Gasteiger partial charge is 0.0443 e. The van der Waals surface area contributed by atoms with Crippen molar-refractivity contribution in [1.29, 1.82) is 0 Å². The Bertz CT molecular complexity index is 381. The molecule has 1 aliphatic rings. The molecular weight excluding hydrogens is 242 g/mol. The lowest BCUT2D eigenvalue weighted by Crippen LogP contribution is -2.37. The molecule has 18 heavy (non-hydrogen) atoms. The van der Waals surface area contributed by atoms with E-state index in [0.29, 0.717) is 0 Å². The highest BCUT2D eigenvalue weighted by Crippen LogP contribution is 2.23. The zero-order valence-electron chi connectivity index (χ0n) is 11.6. The van der Waals surface area contributed by atoms with Crippen LogP contribution in [-0.2, 0) is 6.54 Å². The Hall–Kier alpha value is -0.740. The van der Waals surface area contributed by atoms with Crippen molar-refractivity contribution in [2.75, 3.05) is 29.5 Å². The topological polar surface area (TPSA) is 28.2 Å². The molecule has 2 heterocycles. The normalized spacial score (nSPS) is 16.9. The number of pyridine rings is 1. The minimum atomic E-state index is 0.144. The van der Waals surface area contributed by atoms with Crippen molar-refractivity contribution >= 4 is 17.4 Å². The molecule has 0 spiro atoms. The van der Waals surface area contributed by atoms with E-state index in [9.17, 15) is 0 Å². The second-order valence-electron chi connectivity index (χ2n) is 5.71. The van der Waals surface area contributed by atoms with Crippen LogP contribution >= 0.6 is 11.8 Å². The van der Waals surface area contributed by atoms with Crippen LogP contribution in [0.1, 0.15) is 26.3 Å². The van der Waals surface area contributed by atoms with Gasteiger partial charge in [0.15, 0.2) is 0 Å². The molecule has 0 amide bonds. The molecule has 0 saturated carbocycles. The summed E-state index contributed by atoms with van der Waals surface area (Å²) in [5.74, 6) is 2.46. The maximum absolute atomic E-state index is 4.27. The third-order valence-corrected chi connectivity index (χ3v) is 3.98. The van der Waals surface area contributed by atoms with Gasteiger partial charge in [-0.15, -0.1) is 0 Å². The molecule has 2 rings (SSSR count). The van der Waals surface area contributed by atoms with E-state index < -0.39 is 0 Å². The summed E-state index contributed by atoms with van der Waals surface area (Å²) in [5, 5.41) is 3.55. The van der Waals surface area contributed by atoms with Crippen molar-refractivity contribution in [2.45, 2.75) is 32.9 Å². The average Bonchev–Trinajstić information content (AvgIpc) is 2.37. The van der Waals surface area contributed by atoms with Crippen LogP contribution in [0.3, 0.4) is 0 Å². The third-order valence-electron chi connectivity index (χ3n) is 3.04. The lowest BCUT2D eigenvalue weighted by molar-refractivity contribution is 0.424. The number of hydrogen-bond acceptors (Lipinski definition) is 4. The van der Waals surface area contributed by atoms with Gasteiger partial charge in [0, 0.05) is 60.3 Å². The van der Waals surface area contributed by atoms with Crippen LogP contribution in [0.4, 0.5) is 5.69 Å². The van der Waals surface area contributed by atoms with E-state index in [2.05, 4.69) is 42.0 Å². The van der Waals surface area contributed by atoms with Gasteiger partial charge in [-0.1, -0.05) is 0 Å². The first-order valence-electron chi connectivity index (χ1n) is 6.57. The van der Waals surface area contributed by atoms with Gasteiger partial charge >= 0.3 is 0 Å². The van der Waals surface area contributed by atoms with Crippen molar-refractivity contribution < 1.29 is 0 Å².